The molecule has 5 heteroatoms. The van der Waals surface area contributed by atoms with E-state index >= 15 is 0 Å². The van der Waals surface area contributed by atoms with Crippen molar-refractivity contribution < 1.29 is 4.74 Å². The van der Waals surface area contributed by atoms with E-state index in [2.05, 4.69) is 50.2 Å². The predicted molar refractivity (Wildman–Crippen MR) is 95.1 cm³/mol. The molecule has 1 atom stereocenters. The summed E-state index contributed by atoms with van der Waals surface area (Å²) in [5.41, 5.74) is 2.17. The molecule has 0 spiro atoms. The number of rotatable bonds is 5. The lowest BCUT2D eigenvalue weighted by atomic mass is 10.1. The van der Waals surface area contributed by atoms with Crippen LogP contribution in [0.4, 0.5) is 0 Å². The number of benzene rings is 2. The summed E-state index contributed by atoms with van der Waals surface area (Å²) in [5, 5.41) is 4.26. The lowest BCUT2D eigenvalue weighted by Crippen LogP contribution is -2.19. The zero-order valence-corrected chi connectivity index (χ0v) is 15.7. The quantitative estimate of drug-likeness (QED) is 0.651. The van der Waals surface area contributed by atoms with Crippen molar-refractivity contribution in [1.82, 2.24) is 5.32 Å². The van der Waals surface area contributed by atoms with Crippen LogP contribution in [0.25, 0.3) is 0 Å². The summed E-state index contributed by atoms with van der Waals surface area (Å²) in [4.78, 5) is 0. The molecule has 0 aromatic heterocycles. The summed E-state index contributed by atoms with van der Waals surface area (Å²) in [7, 11) is 1.68. The highest BCUT2D eigenvalue weighted by molar-refractivity contribution is 9.11. The van der Waals surface area contributed by atoms with Gasteiger partial charge in [-0.3, -0.25) is 0 Å². The van der Waals surface area contributed by atoms with E-state index < -0.39 is 0 Å². The van der Waals surface area contributed by atoms with Crippen LogP contribution < -0.4 is 10.1 Å². The van der Waals surface area contributed by atoms with Crippen LogP contribution in [-0.2, 0) is 6.54 Å². The van der Waals surface area contributed by atoms with E-state index in [1.165, 1.54) is 0 Å². The molecular formula is C16H16Br2ClNO. The molecule has 2 aromatic carbocycles. The first kappa shape index (κ1) is 16.8. The summed E-state index contributed by atoms with van der Waals surface area (Å²) in [5.74, 6) is 0.844. The van der Waals surface area contributed by atoms with Crippen molar-refractivity contribution in [2.24, 2.45) is 0 Å². The van der Waals surface area contributed by atoms with Crippen molar-refractivity contribution in [2.75, 3.05) is 7.11 Å². The van der Waals surface area contributed by atoms with E-state index in [-0.39, 0.29) is 6.04 Å². The Labute approximate surface area is 147 Å². The first-order chi connectivity index (χ1) is 10.0. The van der Waals surface area contributed by atoms with Gasteiger partial charge in [-0.05, 0) is 46.6 Å². The van der Waals surface area contributed by atoms with Gasteiger partial charge in [0.2, 0.25) is 0 Å². The minimum atomic E-state index is 0.154. The van der Waals surface area contributed by atoms with Crippen LogP contribution in [0, 0.1) is 0 Å². The molecule has 0 aliphatic carbocycles. The average Bonchev–Trinajstić information content (AvgIpc) is 2.44. The Bertz CT molecular complexity index is 634. The van der Waals surface area contributed by atoms with Gasteiger partial charge in [-0.1, -0.05) is 45.7 Å². The Morgan fingerprint density at radius 2 is 1.95 bits per heavy atom. The molecule has 0 heterocycles. The predicted octanol–water partition coefficient (Wildman–Crippen LogP) is 5.72. The molecule has 0 aliphatic rings. The second-order valence-corrected chi connectivity index (χ2v) is 6.88. The second kappa shape index (κ2) is 7.63. The van der Waals surface area contributed by atoms with Crippen molar-refractivity contribution in [3.63, 3.8) is 0 Å². The van der Waals surface area contributed by atoms with Gasteiger partial charge in [-0.2, -0.15) is 0 Å². The highest BCUT2D eigenvalue weighted by atomic mass is 79.9. The molecule has 0 bridgehead atoms. The lowest BCUT2D eigenvalue weighted by Gasteiger charge is -2.18. The third kappa shape index (κ3) is 4.22. The molecule has 21 heavy (non-hydrogen) atoms. The van der Waals surface area contributed by atoms with Gasteiger partial charge < -0.3 is 10.1 Å². The van der Waals surface area contributed by atoms with Crippen LogP contribution in [0.2, 0.25) is 5.02 Å². The smallest absolute Gasteiger partial charge is 0.137 e. The fraction of sp³-hybridized carbons (Fsp3) is 0.250. The van der Waals surface area contributed by atoms with E-state index in [1.807, 2.05) is 30.3 Å². The van der Waals surface area contributed by atoms with Crippen LogP contribution in [0.5, 0.6) is 5.75 Å². The summed E-state index contributed by atoms with van der Waals surface area (Å²) >= 11 is 13.3. The number of halogens is 3. The fourth-order valence-corrected chi connectivity index (χ4v) is 3.95. The first-order valence-corrected chi connectivity index (χ1v) is 8.49. The number of nitrogens with one attached hydrogen (secondary N) is 1. The van der Waals surface area contributed by atoms with Gasteiger partial charge in [0.25, 0.3) is 0 Å². The van der Waals surface area contributed by atoms with Crippen molar-refractivity contribution in [3.8, 4) is 5.75 Å². The highest BCUT2D eigenvalue weighted by Gasteiger charge is 2.12. The van der Waals surface area contributed by atoms with Crippen molar-refractivity contribution in [1.29, 1.82) is 0 Å². The van der Waals surface area contributed by atoms with Crippen LogP contribution in [-0.4, -0.2) is 7.11 Å². The van der Waals surface area contributed by atoms with Gasteiger partial charge in [-0.15, -0.1) is 0 Å². The van der Waals surface area contributed by atoms with E-state index in [1.54, 1.807) is 7.11 Å². The summed E-state index contributed by atoms with van der Waals surface area (Å²) < 4.78 is 7.40. The molecule has 0 amide bonds. The Morgan fingerprint density at radius 1 is 1.24 bits per heavy atom. The summed E-state index contributed by atoms with van der Waals surface area (Å²) in [6.45, 7) is 2.79. The molecular weight excluding hydrogens is 417 g/mol. The fourth-order valence-electron chi connectivity index (χ4n) is 2.17. The van der Waals surface area contributed by atoms with Crippen LogP contribution in [0.1, 0.15) is 24.1 Å². The molecule has 2 rings (SSSR count). The molecule has 1 N–H and O–H groups in total. The maximum Gasteiger partial charge on any atom is 0.137 e. The normalized spacial score (nSPS) is 12.2. The topological polar surface area (TPSA) is 21.3 Å². The minimum absolute atomic E-state index is 0.154. The Morgan fingerprint density at radius 3 is 2.62 bits per heavy atom. The summed E-state index contributed by atoms with van der Waals surface area (Å²) in [6.07, 6.45) is 0. The zero-order valence-electron chi connectivity index (χ0n) is 11.8. The van der Waals surface area contributed by atoms with E-state index in [0.29, 0.717) is 6.54 Å². The molecule has 0 aliphatic heterocycles. The standard InChI is InChI=1S/C16H16Br2ClNO/c1-10(13-5-3-4-6-15(13)19)20-9-11-7-12(17)8-14(18)16(11)21-2/h3-8,10,20H,9H2,1-2H3. The molecule has 2 aromatic rings. The van der Waals surface area contributed by atoms with Gasteiger partial charge in [0.05, 0.1) is 11.6 Å². The molecule has 2 nitrogen and oxygen atoms in total. The largest absolute Gasteiger partial charge is 0.495 e. The van der Waals surface area contributed by atoms with Gasteiger partial charge in [0.1, 0.15) is 5.75 Å². The van der Waals surface area contributed by atoms with Gasteiger partial charge in [0, 0.05) is 27.6 Å². The van der Waals surface area contributed by atoms with Crippen LogP contribution in [0.3, 0.4) is 0 Å². The number of ether oxygens (including phenoxy) is 1. The number of methoxy groups -OCH3 is 1. The van der Waals surface area contributed by atoms with E-state index in [4.69, 9.17) is 16.3 Å². The SMILES string of the molecule is COc1c(Br)cc(Br)cc1CNC(C)c1ccccc1Cl. The third-order valence-corrected chi connectivity index (χ3v) is 4.65. The molecule has 0 radical (unpaired) electrons. The molecule has 0 fully saturated rings. The minimum Gasteiger partial charge on any atom is -0.495 e. The number of hydrogen-bond donors (Lipinski definition) is 1. The van der Waals surface area contributed by atoms with Crippen molar-refractivity contribution >= 4 is 43.5 Å². The van der Waals surface area contributed by atoms with Crippen molar-refractivity contribution in [3.05, 3.63) is 61.5 Å². The van der Waals surface area contributed by atoms with E-state index in [0.717, 1.165) is 30.8 Å². The first-order valence-electron chi connectivity index (χ1n) is 6.52. The molecule has 1 unspecified atom stereocenters. The monoisotopic (exact) mass is 431 g/mol. The van der Waals surface area contributed by atoms with Crippen LogP contribution >= 0.6 is 43.5 Å². The number of hydrogen-bond acceptors (Lipinski definition) is 2. The van der Waals surface area contributed by atoms with E-state index in [9.17, 15) is 0 Å². The van der Waals surface area contributed by atoms with Gasteiger partial charge in [-0.25, -0.2) is 0 Å². The summed E-state index contributed by atoms with van der Waals surface area (Å²) in [6, 6.07) is 12.1. The third-order valence-electron chi connectivity index (χ3n) is 3.26. The Hall–Kier alpha value is -0.550. The second-order valence-electron chi connectivity index (χ2n) is 4.70. The highest BCUT2D eigenvalue weighted by Crippen LogP contribution is 2.33. The van der Waals surface area contributed by atoms with Crippen molar-refractivity contribution in [2.45, 2.75) is 19.5 Å². The van der Waals surface area contributed by atoms with Crippen LogP contribution in [0.15, 0.2) is 45.3 Å². The van der Waals surface area contributed by atoms with Gasteiger partial charge in [0.15, 0.2) is 0 Å². The van der Waals surface area contributed by atoms with Gasteiger partial charge >= 0.3 is 0 Å². The molecule has 0 saturated carbocycles. The maximum absolute atomic E-state index is 6.23. The lowest BCUT2D eigenvalue weighted by molar-refractivity contribution is 0.403. The molecule has 112 valence electrons. The average molecular weight is 434 g/mol. The maximum atomic E-state index is 6.23. The molecule has 0 saturated heterocycles. The Kier molecular flexibility index (Phi) is 6.11. The zero-order chi connectivity index (χ0) is 15.4. The Balaban J connectivity index is 2.15.